The van der Waals surface area contributed by atoms with Gasteiger partial charge in [0.05, 0.1) is 0 Å². The highest BCUT2D eigenvalue weighted by atomic mass is 16.5. The Balaban J connectivity index is 1.78. The van der Waals surface area contributed by atoms with E-state index in [2.05, 4.69) is 6.08 Å². The molecule has 3 rings (SSSR count). The van der Waals surface area contributed by atoms with Crippen LogP contribution in [0.2, 0.25) is 0 Å². The lowest BCUT2D eigenvalue weighted by Crippen LogP contribution is -2.04. The minimum atomic E-state index is -0.510. The van der Waals surface area contributed by atoms with Crippen molar-refractivity contribution < 1.29 is 9.84 Å². The summed E-state index contributed by atoms with van der Waals surface area (Å²) in [4.78, 5) is 0. The van der Waals surface area contributed by atoms with E-state index in [9.17, 15) is 5.11 Å². The molecule has 0 aromatic heterocycles. The average Bonchev–Trinajstić information content (AvgIpc) is 2.56. The molecule has 0 radical (unpaired) electrons. The van der Waals surface area contributed by atoms with Crippen molar-refractivity contribution in [2.75, 3.05) is 0 Å². The molecule has 1 unspecified atom stereocenters. The van der Waals surface area contributed by atoms with E-state index in [0.29, 0.717) is 0 Å². The fraction of sp³-hybridized carbons (Fsp3) is 0.263. The van der Waals surface area contributed by atoms with Gasteiger partial charge in [-0.3, -0.25) is 0 Å². The van der Waals surface area contributed by atoms with Crippen molar-refractivity contribution in [3.8, 4) is 11.5 Å². The number of ether oxygens (including phenoxy) is 1. The summed E-state index contributed by atoms with van der Waals surface area (Å²) in [6, 6.07) is 17.4. The summed E-state index contributed by atoms with van der Waals surface area (Å²) in [5, 5.41) is 10.5. The molecule has 0 spiro atoms. The Morgan fingerprint density at radius 1 is 0.905 bits per heavy atom. The van der Waals surface area contributed by atoms with Gasteiger partial charge in [0.25, 0.3) is 0 Å². The second-order valence-electron chi connectivity index (χ2n) is 5.41. The molecule has 0 bridgehead atoms. The highest BCUT2D eigenvalue weighted by molar-refractivity contribution is 5.37. The predicted molar refractivity (Wildman–Crippen MR) is 84.5 cm³/mol. The standard InChI is InChI=1S/C19H20O2/c20-19(15-8-3-1-4-9-15)16-10-7-13-18(14-16)21-17-11-5-2-6-12-17/h2,5-8,10-14,19-20H,1,3-4,9H2. The van der Waals surface area contributed by atoms with Crippen molar-refractivity contribution in [2.45, 2.75) is 31.8 Å². The van der Waals surface area contributed by atoms with Gasteiger partial charge < -0.3 is 9.84 Å². The Kier molecular flexibility index (Phi) is 4.37. The van der Waals surface area contributed by atoms with E-state index in [4.69, 9.17) is 4.74 Å². The van der Waals surface area contributed by atoms with Gasteiger partial charge >= 0.3 is 0 Å². The zero-order valence-electron chi connectivity index (χ0n) is 12.0. The fourth-order valence-electron chi connectivity index (χ4n) is 2.70. The van der Waals surface area contributed by atoms with Gasteiger partial charge in [0, 0.05) is 0 Å². The lowest BCUT2D eigenvalue weighted by molar-refractivity contribution is 0.208. The third-order valence-electron chi connectivity index (χ3n) is 3.83. The van der Waals surface area contributed by atoms with E-state index in [1.54, 1.807) is 0 Å². The van der Waals surface area contributed by atoms with Crippen molar-refractivity contribution in [1.82, 2.24) is 0 Å². The minimum absolute atomic E-state index is 0.510. The number of benzene rings is 2. The van der Waals surface area contributed by atoms with Crippen LogP contribution in [0.15, 0.2) is 66.2 Å². The van der Waals surface area contributed by atoms with Gasteiger partial charge in [0.15, 0.2) is 0 Å². The van der Waals surface area contributed by atoms with E-state index >= 15 is 0 Å². The molecule has 0 saturated heterocycles. The van der Waals surface area contributed by atoms with Crippen molar-refractivity contribution in [3.05, 3.63) is 71.8 Å². The number of aliphatic hydroxyl groups is 1. The second kappa shape index (κ2) is 6.59. The maximum atomic E-state index is 10.5. The first kappa shape index (κ1) is 13.9. The Bertz CT molecular complexity index is 616. The molecule has 2 heteroatoms. The van der Waals surface area contributed by atoms with Gasteiger partial charge in [0.2, 0.25) is 0 Å². The summed E-state index contributed by atoms with van der Waals surface area (Å²) in [6.45, 7) is 0. The molecule has 1 atom stereocenters. The number of hydrogen-bond donors (Lipinski definition) is 1. The Morgan fingerprint density at radius 3 is 2.48 bits per heavy atom. The quantitative estimate of drug-likeness (QED) is 0.797. The normalized spacial score (nSPS) is 16.1. The fourth-order valence-corrected chi connectivity index (χ4v) is 2.70. The molecule has 2 nitrogen and oxygen atoms in total. The molecule has 1 aliphatic carbocycles. The zero-order valence-corrected chi connectivity index (χ0v) is 12.0. The van der Waals surface area contributed by atoms with E-state index in [1.165, 1.54) is 12.8 Å². The lowest BCUT2D eigenvalue weighted by Gasteiger charge is -2.19. The van der Waals surface area contributed by atoms with Crippen LogP contribution in [0.25, 0.3) is 0 Å². The zero-order chi connectivity index (χ0) is 14.5. The maximum Gasteiger partial charge on any atom is 0.127 e. The monoisotopic (exact) mass is 280 g/mol. The number of para-hydroxylation sites is 1. The topological polar surface area (TPSA) is 29.5 Å². The van der Waals surface area contributed by atoms with Crippen LogP contribution < -0.4 is 4.74 Å². The average molecular weight is 280 g/mol. The third kappa shape index (κ3) is 3.53. The first-order valence-corrected chi connectivity index (χ1v) is 7.53. The van der Waals surface area contributed by atoms with Crippen LogP contribution in [0.1, 0.15) is 37.4 Å². The van der Waals surface area contributed by atoms with E-state index in [-0.39, 0.29) is 0 Å². The first-order chi connectivity index (χ1) is 10.3. The number of allylic oxidation sites excluding steroid dienone is 1. The van der Waals surface area contributed by atoms with Crippen molar-refractivity contribution in [3.63, 3.8) is 0 Å². The molecule has 0 heterocycles. The molecule has 21 heavy (non-hydrogen) atoms. The number of hydrogen-bond acceptors (Lipinski definition) is 2. The molecule has 108 valence electrons. The molecule has 0 amide bonds. The van der Waals surface area contributed by atoms with Gasteiger partial charge in [0.1, 0.15) is 17.6 Å². The van der Waals surface area contributed by atoms with Crippen LogP contribution in [0.4, 0.5) is 0 Å². The summed E-state index contributed by atoms with van der Waals surface area (Å²) in [7, 11) is 0. The lowest BCUT2D eigenvalue weighted by atomic mass is 9.92. The van der Waals surface area contributed by atoms with Gasteiger partial charge in [-0.1, -0.05) is 36.4 Å². The van der Waals surface area contributed by atoms with Crippen LogP contribution >= 0.6 is 0 Å². The number of aliphatic hydroxyl groups excluding tert-OH is 1. The van der Waals surface area contributed by atoms with Crippen molar-refractivity contribution in [2.24, 2.45) is 0 Å². The highest BCUT2D eigenvalue weighted by Crippen LogP contribution is 2.32. The van der Waals surface area contributed by atoms with Crippen LogP contribution in [0.5, 0.6) is 11.5 Å². The van der Waals surface area contributed by atoms with Crippen LogP contribution in [-0.2, 0) is 0 Å². The van der Waals surface area contributed by atoms with Crippen molar-refractivity contribution >= 4 is 0 Å². The molecule has 0 saturated carbocycles. The molecular formula is C19H20O2. The van der Waals surface area contributed by atoms with E-state index < -0.39 is 6.10 Å². The molecule has 0 aliphatic heterocycles. The molecule has 2 aromatic rings. The largest absolute Gasteiger partial charge is 0.457 e. The summed E-state index contributed by atoms with van der Waals surface area (Å²) >= 11 is 0. The molecule has 1 N–H and O–H groups in total. The maximum absolute atomic E-state index is 10.5. The predicted octanol–water partition coefficient (Wildman–Crippen LogP) is 5.01. The minimum Gasteiger partial charge on any atom is -0.457 e. The number of rotatable bonds is 4. The van der Waals surface area contributed by atoms with Gasteiger partial charge in [-0.05, 0) is 61.1 Å². The first-order valence-electron chi connectivity index (χ1n) is 7.53. The summed E-state index contributed by atoms with van der Waals surface area (Å²) < 4.78 is 5.83. The molecule has 0 fully saturated rings. The van der Waals surface area contributed by atoms with E-state index in [0.717, 1.165) is 35.5 Å². The summed E-state index contributed by atoms with van der Waals surface area (Å²) in [5.74, 6) is 1.56. The summed E-state index contributed by atoms with van der Waals surface area (Å²) in [6.07, 6.45) is 6.14. The van der Waals surface area contributed by atoms with Gasteiger partial charge in [-0.2, -0.15) is 0 Å². The Hall–Kier alpha value is -2.06. The molecule has 2 aromatic carbocycles. The molecule has 1 aliphatic rings. The van der Waals surface area contributed by atoms with Crippen LogP contribution in [0.3, 0.4) is 0 Å². The Morgan fingerprint density at radius 2 is 1.71 bits per heavy atom. The SMILES string of the molecule is OC(C1=CCCCC1)c1cccc(Oc2ccccc2)c1. The second-order valence-corrected chi connectivity index (χ2v) is 5.41. The van der Waals surface area contributed by atoms with Gasteiger partial charge in [-0.15, -0.1) is 0 Å². The van der Waals surface area contributed by atoms with Crippen molar-refractivity contribution in [1.29, 1.82) is 0 Å². The van der Waals surface area contributed by atoms with Crippen LogP contribution in [0, 0.1) is 0 Å². The molecular weight excluding hydrogens is 260 g/mol. The van der Waals surface area contributed by atoms with Gasteiger partial charge in [-0.25, -0.2) is 0 Å². The Labute approximate surface area is 125 Å². The van der Waals surface area contributed by atoms with Crippen LogP contribution in [-0.4, -0.2) is 5.11 Å². The highest BCUT2D eigenvalue weighted by Gasteiger charge is 2.15. The van der Waals surface area contributed by atoms with E-state index in [1.807, 2.05) is 54.6 Å². The smallest absolute Gasteiger partial charge is 0.127 e. The summed E-state index contributed by atoms with van der Waals surface area (Å²) in [5.41, 5.74) is 2.04. The third-order valence-corrected chi connectivity index (χ3v) is 3.83.